The Bertz CT molecular complexity index is 365. The van der Waals surface area contributed by atoms with Crippen LogP contribution in [-0.2, 0) is 4.79 Å². The summed E-state index contributed by atoms with van der Waals surface area (Å²) < 4.78 is 5.47. The van der Waals surface area contributed by atoms with Gasteiger partial charge >= 0.3 is 6.01 Å². The zero-order valence-electron chi connectivity index (χ0n) is 10.6. The van der Waals surface area contributed by atoms with E-state index in [9.17, 15) is 4.79 Å². The molecule has 2 N–H and O–H groups in total. The van der Waals surface area contributed by atoms with Crippen LogP contribution in [0, 0.1) is 0 Å². The first-order valence-electron chi connectivity index (χ1n) is 5.50. The van der Waals surface area contributed by atoms with E-state index in [1.54, 1.807) is 11.9 Å². The third-order valence-electron chi connectivity index (χ3n) is 2.51. The maximum Gasteiger partial charge on any atom is 0.317 e. The van der Waals surface area contributed by atoms with E-state index in [2.05, 4.69) is 20.8 Å². The monoisotopic (exact) mass is 241 g/mol. The number of carbonyl (C=O) groups is 1. The van der Waals surface area contributed by atoms with Crippen molar-refractivity contribution in [2.24, 2.45) is 0 Å². The summed E-state index contributed by atoms with van der Waals surface area (Å²) in [4.78, 5) is 12.9. The van der Waals surface area contributed by atoms with Crippen LogP contribution >= 0.6 is 0 Å². The molecule has 0 aliphatic rings. The van der Waals surface area contributed by atoms with Gasteiger partial charge in [0.2, 0.25) is 11.8 Å². The molecule has 1 heterocycles. The Labute approximate surface area is 101 Å². The molecule has 0 radical (unpaired) electrons. The van der Waals surface area contributed by atoms with E-state index >= 15 is 0 Å². The van der Waals surface area contributed by atoms with Gasteiger partial charge in [-0.1, -0.05) is 5.10 Å². The highest BCUT2D eigenvalue weighted by atomic mass is 16.4. The number of nitrogens with zero attached hydrogens (tertiary/aromatic N) is 3. The minimum absolute atomic E-state index is 0.0137. The van der Waals surface area contributed by atoms with E-state index in [4.69, 9.17) is 4.42 Å². The van der Waals surface area contributed by atoms with Gasteiger partial charge in [0.05, 0.1) is 6.04 Å². The lowest BCUT2D eigenvalue weighted by atomic mass is 10.3. The molecule has 0 saturated heterocycles. The second kappa shape index (κ2) is 6.19. The second-order valence-corrected chi connectivity index (χ2v) is 3.78. The van der Waals surface area contributed by atoms with E-state index in [0.717, 1.165) is 0 Å². The number of nitrogens with one attached hydrogen (secondary N) is 2. The van der Waals surface area contributed by atoms with Crippen LogP contribution in [0.25, 0.3) is 0 Å². The predicted molar refractivity (Wildman–Crippen MR) is 63.7 cm³/mol. The maximum atomic E-state index is 11.1. The molecule has 1 aromatic rings. The fourth-order valence-corrected chi connectivity index (χ4v) is 1.17. The van der Waals surface area contributed by atoms with Gasteiger partial charge in [0.25, 0.3) is 0 Å². The smallest absolute Gasteiger partial charge is 0.317 e. The van der Waals surface area contributed by atoms with Crippen LogP contribution in [0.3, 0.4) is 0 Å². The number of hydrogen-bond donors (Lipinski definition) is 2. The predicted octanol–water partition coefficient (Wildman–Crippen LogP) is -0.0777. The third kappa shape index (κ3) is 3.70. The Balaban J connectivity index is 2.54. The first-order chi connectivity index (χ1) is 8.08. The Kier molecular flexibility index (Phi) is 4.89. The van der Waals surface area contributed by atoms with Gasteiger partial charge in [-0.25, -0.2) is 0 Å². The zero-order chi connectivity index (χ0) is 12.8. The van der Waals surface area contributed by atoms with Crippen molar-refractivity contribution < 1.29 is 9.21 Å². The van der Waals surface area contributed by atoms with Gasteiger partial charge in [0.15, 0.2) is 0 Å². The fourth-order valence-electron chi connectivity index (χ4n) is 1.17. The Morgan fingerprint density at radius 2 is 2.18 bits per heavy atom. The molecule has 0 aliphatic carbocycles. The highest BCUT2D eigenvalue weighted by Crippen LogP contribution is 2.15. The Hall–Kier alpha value is -1.63. The molecule has 0 fully saturated rings. The first-order valence-corrected chi connectivity index (χ1v) is 5.50. The van der Waals surface area contributed by atoms with Crippen LogP contribution in [0.4, 0.5) is 6.01 Å². The van der Waals surface area contributed by atoms with Crippen molar-refractivity contribution in [2.75, 3.05) is 32.6 Å². The SMILES string of the molecule is CNC(=O)CCN(C)c1nnc(C(C)NC)o1. The molecule has 0 bridgehead atoms. The molecule has 1 atom stereocenters. The minimum atomic E-state index is -0.0137. The summed E-state index contributed by atoms with van der Waals surface area (Å²) in [5.41, 5.74) is 0. The van der Waals surface area contributed by atoms with Crippen molar-refractivity contribution in [3.8, 4) is 0 Å². The largest absolute Gasteiger partial charge is 0.406 e. The highest BCUT2D eigenvalue weighted by molar-refractivity contribution is 5.76. The average molecular weight is 241 g/mol. The number of rotatable bonds is 6. The number of aromatic nitrogens is 2. The van der Waals surface area contributed by atoms with Crippen LogP contribution in [0.5, 0.6) is 0 Å². The molecule has 0 saturated carbocycles. The standard InChI is InChI=1S/C10H19N5O2/c1-7(11-2)9-13-14-10(17-9)15(4)6-5-8(16)12-3/h7,11H,5-6H2,1-4H3,(H,12,16). The number of hydrogen-bond acceptors (Lipinski definition) is 6. The lowest BCUT2D eigenvalue weighted by Crippen LogP contribution is -2.26. The molecule has 96 valence electrons. The molecule has 1 unspecified atom stereocenters. The van der Waals surface area contributed by atoms with Gasteiger partial charge < -0.3 is 20.0 Å². The Morgan fingerprint density at radius 1 is 1.47 bits per heavy atom. The van der Waals surface area contributed by atoms with Crippen molar-refractivity contribution in [3.63, 3.8) is 0 Å². The normalized spacial score (nSPS) is 12.2. The van der Waals surface area contributed by atoms with E-state index in [-0.39, 0.29) is 11.9 Å². The lowest BCUT2D eigenvalue weighted by Gasteiger charge is -2.12. The molecule has 17 heavy (non-hydrogen) atoms. The summed E-state index contributed by atoms with van der Waals surface area (Å²) in [6.45, 7) is 2.47. The summed E-state index contributed by atoms with van der Waals surface area (Å²) in [7, 11) is 5.25. The molecule has 0 aromatic carbocycles. The van der Waals surface area contributed by atoms with Crippen LogP contribution in [-0.4, -0.2) is 43.8 Å². The van der Waals surface area contributed by atoms with E-state index in [1.807, 2.05) is 21.0 Å². The quantitative estimate of drug-likeness (QED) is 0.725. The van der Waals surface area contributed by atoms with Crippen LogP contribution in [0.2, 0.25) is 0 Å². The molecular formula is C10H19N5O2. The van der Waals surface area contributed by atoms with Crippen LogP contribution in [0.15, 0.2) is 4.42 Å². The number of anilines is 1. The minimum Gasteiger partial charge on any atom is -0.406 e. The summed E-state index contributed by atoms with van der Waals surface area (Å²) >= 11 is 0. The van der Waals surface area contributed by atoms with Crippen LogP contribution in [0.1, 0.15) is 25.3 Å². The van der Waals surface area contributed by atoms with Crippen molar-refractivity contribution in [1.82, 2.24) is 20.8 Å². The molecule has 1 aromatic heterocycles. The first kappa shape index (κ1) is 13.4. The van der Waals surface area contributed by atoms with Crippen molar-refractivity contribution in [1.29, 1.82) is 0 Å². The highest BCUT2D eigenvalue weighted by Gasteiger charge is 2.15. The topological polar surface area (TPSA) is 83.3 Å². The summed E-state index contributed by atoms with van der Waals surface area (Å²) in [6.07, 6.45) is 0.395. The number of carbonyl (C=O) groups excluding carboxylic acids is 1. The number of amides is 1. The summed E-state index contributed by atoms with van der Waals surface area (Å²) in [5, 5.41) is 13.4. The van der Waals surface area contributed by atoms with Crippen molar-refractivity contribution >= 4 is 11.9 Å². The second-order valence-electron chi connectivity index (χ2n) is 3.78. The Morgan fingerprint density at radius 3 is 2.76 bits per heavy atom. The fraction of sp³-hybridized carbons (Fsp3) is 0.700. The molecule has 1 rings (SSSR count). The molecule has 0 aliphatic heterocycles. The van der Waals surface area contributed by atoms with Gasteiger partial charge in [0, 0.05) is 27.1 Å². The molecule has 7 heteroatoms. The van der Waals surface area contributed by atoms with Gasteiger partial charge in [-0.15, -0.1) is 5.10 Å². The van der Waals surface area contributed by atoms with Crippen LogP contribution < -0.4 is 15.5 Å². The van der Waals surface area contributed by atoms with Gasteiger partial charge in [-0.2, -0.15) is 0 Å². The van der Waals surface area contributed by atoms with Gasteiger partial charge in [-0.05, 0) is 14.0 Å². The molecular weight excluding hydrogens is 222 g/mol. The molecule has 7 nitrogen and oxygen atoms in total. The zero-order valence-corrected chi connectivity index (χ0v) is 10.6. The van der Waals surface area contributed by atoms with Crippen molar-refractivity contribution in [2.45, 2.75) is 19.4 Å². The summed E-state index contributed by atoms with van der Waals surface area (Å²) in [5.74, 6) is 0.523. The van der Waals surface area contributed by atoms with E-state index < -0.39 is 0 Å². The average Bonchev–Trinajstić information content (AvgIpc) is 2.83. The van der Waals surface area contributed by atoms with E-state index in [0.29, 0.717) is 24.9 Å². The van der Waals surface area contributed by atoms with Gasteiger partial charge in [-0.3, -0.25) is 4.79 Å². The van der Waals surface area contributed by atoms with E-state index in [1.165, 1.54) is 0 Å². The van der Waals surface area contributed by atoms with Crippen molar-refractivity contribution in [3.05, 3.63) is 5.89 Å². The molecule has 1 amide bonds. The lowest BCUT2D eigenvalue weighted by molar-refractivity contribution is -0.120. The molecule has 0 spiro atoms. The van der Waals surface area contributed by atoms with Gasteiger partial charge in [0.1, 0.15) is 0 Å². The summed E-state index contributed by atoms with van der Waals surface area (Å²) in [6, 6.07) is 0.439. The third-order valence-corrected chi connectivity index (χ3v) is 2.51. The maximum absolute atomic E-state index is 11.1.